The van der Waals surface area contributed by atoms with Crippen LogP contribution in [0.25, 0.3) is 0 Å². The van der Waals surface area contributed by atoms with Gasteiger partial charge in [0.05, 0.1) is 12.5 Å². The van der Waals surface area contributed by atoms with E-state index in [0.717, 1.165) is 0 Å². The number of rotatable bonds is 16. The van der Waals surface area contributed by atoms with Crippen molar-refractivity contribution in [3.8, 4) is 0 Å². The number of guanidine groups is 1. The van der Waals surface area contributed by atoms with E-state index in [2.05, 4.69) is 20.9 Å². The minimum Gasteiger partial charge on any atom is -0.481 e. The third-order valence-corrected chi connectivity index (χ3v) is 4.32. The molecule has 3 amide bonds. The maximum absolute atomic E-state index is 12.8. The van der Waals surface area contributed by atoms with Gasteiger partial charge in [0.2, 0.25) is 17.7 Å². The highest BCUT2D eigenvalue weighted by Crippen LogP contribution is 2.05. The van der Waals surface area contributed by atoms with Crippen molar-refractivity contribution in [1.29, 1.82) is 0 Å². The van der Waals surface area contributed by atoms with E-state index in [1.807, 2.05) is 0 Å². The Morgan fingerprint density at radius 1 is 0.824 bits per heavy atom. The predicted molar refractivity (Wildman–Crippen MR) is 116 cm³/mol. The van der Waals surface area contributed by atoms with Gasteiger partial charge in [0.25, 0.3) is 0 Å². The number of carboxylic acids is 3. The summed E-state index contributed by atoms with van der Waals surface area (Å²) in [4.78, 5) is 73.9. The molecule has 0 aromatic heterocycles. The molecule has 4 atom stereocenters. The van der Waals surface area contributed by atoms with Gasteiger partial charge < -0.3 is 48.5 Å². The van der Waals surface area contributed by atoms with Gasteiger partial charge in [-0.1, -0.05) is 0 Å². The highest BCUT2D eigenvalue weighted by molar-refractivity contribution is 5.94. The van der Waals surface area contributed by atoms with Crippen molar-refractivity contribution in [1.82, 2.24) is 16.0 Å². The molecular weight excluding hydrogens is 458 g/mol. The van der Waals surface area contributed by atoms with E-state index in [1.54, 1.807) is 0 Å². The summed E-state index contributed by atoms with van der Waals surface area (Å²) in [5.74, 6) is -6.97. The maximum atomic E-state index is 12.8. The Morgan fingerprint density at radius 2 is 1.35 bits per heavy atom. The first-order valence-corrected chi connectivity index (χ1v) is 10.1. The van der Waals surface area contributed by atoms with Crippen LogP contribution in [0.3, 0.4) is 0 Å². The molecule has 0 fully saturated rings. The van der Waals surface area contributed by atoms with Crippen LogP contribution >= 0.6 is 0 Å². The fourth-order valence-corrected chi connectivity index (χ4v) is 2.52. The molecule has 0 saturated heterocycles. The summed E-state index contributed by atoms with van der Waals surface area (Å²) in [5.41, 5.74) is 15.9. The van der Waals surface area contributed by atoms with Crippen molar-refractivity contribution in [2.75, 3.05) is 6.54 Å². The zero-order valence-electron chi connectivity index (χ0n) is 18.5. The number of aliphatic imine (C=N–C) groups is 1. The number of aliphatic carboxylic acids is 3. The van der Waals surface area contributed by atoms with E-state index in [1.165, 1.54) is 6.92 Å². The summed E-state index contributed by atoms with van der Waals surface area (Å²) in [6, 6.07) is -5.53. The third-order valence-electron chi connectivity index (χ3n) is 4.32. The fraction of sp³-hybridized carbons (Fsp3) is 0.611. The molecule has 0 rings (SSSR count). The first kappa shape index (κ1) is 30.1. The van der Waals surface area contributed by atoms with Crippen molar-refractivity contribution >= 4 is 41.6 Å². The first-order valence-electron chi connectivity index (χ1n) is 10.1. The quantitative estimate of drug-likeness (QED) is 0.0574. The van der Waals surface area contributed by atoms with Crippen molar-refractivity contribution in [3.05, 3.63) is 0 Å². The monoisotopic (exact) mass is 489 g/mol. The van der Waals surface area contributed by atoms with Crippen molar-refractivity contribution in [2.24, 2.45) is 22.2 Å². The molecule has 0 aliphatic rings. The molecule has 16 heteroatoms. The normalized spacial score (nSPS) is 13.9. The molecule has 0 aliphatic carbocycles. The number of nitrogens with one attached hydrogen (secondary N) is 3. The van der Waals surface area contributed by atoms with Gasteiger partial charge in [-0.25, -0.2) is 0 Å². The van der Waals surface area contributed by atoms with Crippen LogP contribution in [0, 0.1) is 0 Å². The van der Waals surface area contributed by atoms with Gasteiger partial charge in [-0.3, -0.25) is 33.8 Å². The number of nitrogens with zero attached hydrogens (tertiary/aromatic N) is 1. The second kappa shape index (κ2) is 15.0. The molecular formula is C18H31N7O9. The molecule has 0 saturated carbocycles. The molecule has 0 heterocycles. The lowest BCUT2D eigenvalue weighted by molar-refractivity contribution is -0.141. The van der Waals surface area contributed by atoms with Gasteiger partial charge in [0.1, 0.15) is 18.1 Å². The average Bonchev–Trinajstić information content (AvgIpc) is 2.71. The van der Waals surface area contributed by atoms with E-state index in [4.69, 9.17) is 32.5 Å². The summed E-state index contributed by atoms with van der Waals surface area (Å²) in [6.07, 6.45) is -1.49. The lowest BCUT2D eigenvalue weighted by atomic mass is 10.1. The number of amides is 3. The summed E-state index contributed by atoms with van der Waals surface area (Å²) in [5, 5.41) is 33.4. The van der Waals surface area contributed by atoms with E-state index >= 15 is 0 Å². The Morgan fingerprint density at radius 3 is 1.85 bits per heavy atom. The van der Waals surface area contributed by atoms with Gasteiger partial charge >= 0.3 is 17.9 Å². The second-order valence-electron chi connectivity index (χ2n) is 7.28. The molecule has 4 unspecified atom stereocenters. The lowest BCUT2D eigenvalue weighted by Gasteiger charge is -2.24. The van der Waals surface area contributed by atoms with Gasteiger partial charge in [-0.05, 0) is 26.2 Å². The minimum atomic E-state index is -1.51. The van der Waals surface area contributed by atoms with E-state index in [-0.39, 0.29) is 31.8 Å². The zero-order valence-corrected chi connectivity index (χ0v) is 18.5. The molecule has 0 bridgehead atoms. The Kier molecular flexibility index (Phi) is 13.2. The Balaban J connectivity index is 5.52. The van der Waals surface area contributed by atoms with Crippen LogP contribution in [-0.2, 0) is 28.8 Å². The topological polar surface area (TPSA) is 290 Å². The highest BCUT2D eigenvalue weighted by Gasteiger charge is 2.30. The van der Waals surface area contributed by atoms with Crippen LogP contribution in [0.1, 0.15) is 39.0 Å². The van der Waals surface area contributed by atoms with Crippen LogP contribution in [0.15, 0.2) is 4.99 Å². The molecule has 0 radical (unpaired) electrons. The van der Waals surface area contributed by atoms with E-state index in [9.17, 15) is 28.8 Å². The average molecular weight is 489 g/mol. The molecule has 34 heavy (non-hydrogen) atoms. The van der Waals surface area contributed by atoms with Crippen LogP contribution in [0.2, 0.25) is 0 Å². The largest absolute Gasteiger partial charge is 0.481 e. The SMILES string of the molecule is CC(NC(=O)C(CCCN=C(N)N)NC(=O)C(CCC(=O)O)NC(=O)C(N)CC(=O)O)C(=O)O. The lowest BCUT2D eigenvalue weighted by Crippen LogP contribution is -2.57. The summed E-state index contributed by atoms with van der Waals surface area (Å²) < 4.78 is 0. The standard InChI is InChI=1S/C18H31N7O9/c1-8(17(33)34)23-15(31)10(3-2-6-22-18(20)21)25-16(32)11(4-5-12(26)27)24-14(30)9(19)7-13(28)29/h8-11H,2-7,19H2,1H3,(H,23,31)(H,24,30)(H,25,32)(H,26,27)(H,28,29)(H,33,34)(H4,20,21,22). The van der Waals surface area contributed by atoms with E-state index < -0.39 is 72.6 Å². The molecule has 16 nitrogen and oxygen atoms in total. The number of carbonyl (C=O) groups is 6. The number of hydrogen-bond acceptors (Lipinski definition) is 8. The van der Waals surface area contributed by atoms with Crippen LogP contribution < -0.4 is 33.2 Å². The molecule has 0 aromatic carbocycles. The van der Waals surface area contributed by atoms with Crippen molar-refractivity contribution in [3.63, 3.8) is 0 Å². The molecule has 0 spiro atoms. The van der Waals surface area contributed by atoms with Crippen LogP contribution in [-0.4, -0.2) is 87.6 Å². The number of nitrogens with two attached hydrogens (primary N) is 3. The van der Waals surface area contributed by atoms with Crippen molar-refractivity contribution < 1.29 is 44.1 Å². The van der Waals surface area contributed by atoms with Gasteiger partial charge in [0, 0.05) is 13.0 Å². The summed E-state index contributed by atoms with van der Waals surface area (Å²) in [6.45, 7) is 1.30. The van der Waals surface area contributed by atoms with E-state index in [0.29, 0.717) is 0 Å². The Bertz CT molecular complexity index is 799. The van der Waals surface area contributed by atoms with Gasteiger partial charge in [-0.2, -0.15) is 0 Å². The Hall–Kier alpha value is -3.95. The fourth-order valence-electron chi connectivity index (χ4n) is 2.52. The molecule has 12 N–H and O–H groups in total. The molecule has 192 valence electrons. The third kappa shape index (κ3) is 12.8. The molecule has 0 aliphatic heterocycles. The van der Waals surface area contributed by atoms with Crippen LogP contribution in [0.5, 0.6) is 0 Å². The number of carbonyl (C=O) groups excluding carboxylic acids is 3. The van der Waals surface area contributed by atoms with Gasteiger partial charge in [-0.15, -0.1) is 0 Å². The maximum Gasteiger partial charge on any atom is 0.325 e. The zero-order chi connectivity index (χ0) is 26.4. The first-order chi connectivity index (χ1) is 15.7. The smallest absolute Gasteiger partial charge is 0.325 e. The van der Waals surface area contributed by atoms with Gasteiger partial charge in [0.15, 0.2) is 5.96 Å². The summed E-state index contributed by atoms with van der Waals surface area (Å²) in [7, 11) is 0. The van der Waals surface area contributed by atoms with Crippen molar-refractivity contribution in [2.45, 2.75) is 63.2 Å². The summed E-state index contributed by atoms with van der Waals surface area (Å²) >= 11 is 0. The predicted octanol–water partition coefficient (Wildman–Crippen LogP) is -3.73. The molecule has 0 aromatic rings. The number of carboxylic acid groups (broad SMARTS) is 3. The Labute approximate surface area is 194 Å². The highest BCUT2D eigenvalue weighted by atomic mass is 16.4. The number of hydrogen-bond donors (Lipinski definition) is 9. The van der Waals surface area contributed by atoms with Crippen LogP contribution in [0.4, 0.5) is 0 Å². The second-order valence-corrected chi connectivity index (χ2v) is 7.28. The minimum absolute atomic E-state index is 0.0290.